The van der Waals surface area contributed by atoms with Crippen LogP contribution in [0.15, 0.2) is 96.0 Å². The summed E-state index contributed by atoms with van der Waals surface area (Å²) in [6.45, 7) is 12.6. The maximum Gasteiger partial charge on any atom is 0.437 e. The molecule has 6 amide bonds. The topological polar surface area (TPSA) is 177 Å². The lowest BCUT2D eigenvalue weighted by molar-refractivity contribution is -0.171. The Morgan fingerprint density at radius 3 is 1.76 bits per heavy atom. The van der Waals surface area contributed by atoms with Gasteiger partial charge >= 0.3 is 30.3 Å². The molecule has 2 unspecified atom stereocenters. The molecule has 16 heteroatoms. The fraction of sp³-hybridized carbons (Fsp3) is 0.457. The quantitative estimate of drug-likeness (QED) is 0.0569. The first-order valence-corrected chi connectivity index (χ1v) is 21.2. The van der Waals surface area contributed by atoms with Gasteiger partial charge in [0.1, 0.15) is 25.9 Å². The summed E-state index contributed by atoms with van der Waals surface area (Å²) >= 11 is 0. The van der Waals surface area contributed by atoms with Gasteiger partial charge in [-0.1, -0.05) is 119 Å². The highest BCUT2D eigenvalue weighted by Gasteiger charge is 2.56. The van der Waals surface area contributed by atoms with Gasteiger partial charge < -0.3 is 33.6 Å². The number of hydrogen-bond donors (Lipinski definition) is 1. The highest BCUT2D eigenvalue weighted by atomic mass is 16.6. The maximum absolute atomic E-state index is 13.8. The summed E-state index contributed by atoms with van der Waals surface area (Å²) in [5.41, 5.74) is 2.25. The van der Waals surface area contributed by atoms with Crippen LogP contribution in [0.25, 0.3) is 0 Å². The number of nitrogens with zero attached hydrogens (tertiary/aromatic N) is 5. The number of carbonyl (C=O) groups is 6. The number of urea groups is 1. The van der Waals surface area contributed by atoms with Crippen LogP contribution in [0.2, 0.25) is 0 Å². The van der Waals surface area contributed by atoms with Crippen LogP contribution in [0, 0.1) is 11.8 Å². The van der Waals surface area contributed by atoms with Crippen molar-refractivity contribution in [1.82, 2.24) is 24.9 Å². The summed E-state index contributed by atoms with van der Waals surface area (Å²) in [7, 11) is 0. The number of aliphatic imine (C=N–C) groups is 1. The lowest BCUT2D eigenvalue weighted by atomic mass is 9.83. The van der Waals surface area contributed by atoms with Crippen LogP contribution in [0.3, 0.4) is 0 Å². The molecule has 0 aliphatic carbocycles. The van der Waals surface area contributed by atoms with Crippen molar-refractivity contribution in [3.63, 3.8) is 0 Å². The van der Waals surface area contributed by atoms with E-state index >= 15 is 0 Å². The number of carbonyl (C=O) groups excluding carboxylic acids is 6. The van der Waals surface area contributed by atoms with E-state index in [-0.39, 0.29) is 83.5 Å². The van der Waals surface area contributed by atoms with Crippen molar-refractivity contribution in [2.45, 2.75) is 86.4 Å². The first-order valence-electron chi connectivity index (χ1n) is 21.2. The zero-order valence-corrected chi connectivity index (χ0v) is 36.6. The summed E-state index contributed by atoms with van der Waals surface area (Å²) in [6.07, 6.45) is -2.07. The van der Waals surface area contributed by atoms with Crippen LogP contribution in [0.4, 0.5) is 19.2 Å². The van der Waals surface area contributed by atoms with Crippen LogP contribution in [-0.4, -0.2) is 113 Å². The molecule has 0 saturated carbocycles. The molecule has 2 heterocycles. The van der Waals surface area contributed by atoms with Crippen LogP contribution < -0.4 is 5.32 Å². The fourth-order valence-corrected chi connectivity index (χ4v) is 6.51. The average molecular weight is 857 g/mol. The molecule has 16 nitrogen and oxygen atoms in total. The number of β-lactam (4-membered cyclic amide) rings is 1. The fourth-order valence-electron chi connectivity index (χ4n) is 6.51. The van der Waals surface area contributed by atoms with Crippen molar-refractivity contribution in [3.05, 3.63) is 108 Å². The molecule has 1 N–H and O–H groups in total. The summed E-state index contributed by atoms with van der Waals surface area (Å²) in [4.78, 5) is 89.5. The van der Waals surface area contributed by atoms with Crippen molar-refractivity contribution >= 4 is 42.1 Å². The van der Waals surface area contributed by atoms with Crippen LogP contribution in [0.5, 0.6) is 0 Å². The number of imide groups is 1. The van der Waals surface area contributed by atoms with E-state index in [0.717, 1.165) is 21.6 Å². The number of likely N-dealkylation sites (tertiary alicyclic amines) is 1. The number of alkyl carbamates (subject to hydrolysis) is 1. The summed E-state index contributed by atoms with van der Waals surface area (Å²) in [6, 6.07) is 25.4. The third-order valence-corrected chi connectivity index (χ3v) is 10.4. The zero-order chi connectivity index (χ0) is 45.0. The second-order valence-electron chi connectivity index (χ2n) is 14.8. The third kappa shape index (κ3) is 14.1. The molecular weight excluding hydrogens is 797 g/mol. The number of ether oxygens (including phenoxy) is 4. The number of nitrogens with one attached hydrogen (secondary N) is 1. The maximum atomic E-state index is 13.8. The van der Waals surface area contributed by atoms with E-state index in [0.29, 0.717) is 6.42 Å². The smallest absolute Gasteiger partial charge is 0.437 e. The Morgan fingerprint density at radius 1 is 0.742 bits per heavy atom. The van der Waals surface area contributed by atoms with Crippen LogP contribution >= 0.6 is 0 Å². The Labute approximate surface area is 364 Å². The third-order valence-electron chi connectivity index (χ3n) is 10.4. The van der Waals surface area contributed by atoms with Gasteiger partial charge in [-0.2, -0.15) is 0 Å². The molecule has 2 fully saturated rings. The summed E-state index contributed by atoms with van der Waals surface area (Å²) < 4.78 is 21.9. The first kappa shape index (κ1) is 48.2. The largest absolute Gasteiger partial charge is 0.459 e. The molecular formula is C46H60N6O10. The van der Waals surface area contributed by atoms with E-state index in [1.165, 1.54) is 9.80 Å². The minimum atomic E-state index is -1.19. The molecule has 5 rings (SSSR count). The average Bonchev–Trinajstić information content (AvgIpc) is 3.29. The lowest BCUT2D eigenvalue weighted by Crippen LogP contribution is -2.69. The van der Waals surface area contributed by atoms with Gasteiger partial charge in [0.15, 0.2) is 6.04 Å². The molecule has 3 aromatic rings. The minimum absolute atomic E-state index is 0.0227. The molecule has 0 spiro atoms. The van der Waals surface area contributed by atoms with Crippen molar-refractivity contribution < 1.29 is 47.7 Å². The van der Waals surface area contributed by atoms with Crippen molar-refractivity contribution in [2.75, 3.05) is 39.3 Å². The van der Waals surface area contributed by atoms with Gasteiger partial charge in [0.05, 0.1) is 5.92 Å². The standard InChI is InChI=1S/C44H54N6O10.C2H6/c1-5-47(40(45-41(53)58-29-34-18-11-7-12-19-34)46-42(54)59-30-35-20-13-8-14-21-35)23-15-22-36-37(39(52)57-28-33-16-9-6-10-17-33)50(38(36)51)43(55)48-24-26-49(27-25-48)44(56)60-32(4)31(2)3;1-2/h6-14,16-21,31-32,36-37H,5,15,22-30H2,1-4H3,(H,45,46,53,54);1-2H3/t32?,36-,37?;/m1./s1. The van der Waals surface area contributed by atoms with Crippen molar-refractivity contribution in [3.8, 4) is 0 Å². The number of amides is 6. The number of piperazine rings is 1. The first-order chi connectivity index (χ1) is 29.9. The molecule has 3 aromatic carbocycles. The van der Waals surface area contributed by atoms with E-state index in [2.05, 4.69) is 10.3 Å². The van der Waals surface area contributed by atoms with E-state index in [1.807, 2.05) is 89.2 Å². The Bertz CT molecular complexity index is 1940. The second kappa shape index (κ2) is 24.7. The predicted octanol–water partition coefficient (Wildman–Crippen LogP) is 7.22. The van der Waals surface area contributed by atoms with Gasteiger partial charge in [-0.25, -0.2) is 28.9 Å². The molecule has 2 saturated heterocycles. The molecule has 62 heavy (non-hydrogen) atoms. The number of hydrogen-bond acceptors (Lipinski definition) is 10. The lowest BCUT2D eigenvalue weighted by Gasteiger charge is -2.46. The van der Waals surface area contributed by atoms with Gasteiger partial charge in [-0.3, -0.25) is 10.1 Å². The second-order valence-corrected chi connectivity index (χ2v) is 14.8. The normalized spacial score (nSPS) is 16.5. The Morgan fingerprint density at radius 2 is 1.24 bits per heavy atom. The van der Waals surface area contributed by atoms with Gasteiger partial charge in [0, 0.05) is 39.3 Å². The van der Waals surface area contributed by atoms with Gasteiger partial charge in [-0.05, 0) is 49.3 Å². The van der Waals surface area contributed by atoms with Crippen molar-refractivity contribution in [2.24, 2.45) is 16.8 Å². The van der Waals surface area contributed by atoms with Gasteiger partial charge in [0.2, 0.25) is 11.9 Å². The molecule has 2 aliphatic heterocycles. The number of rotatable bonds is 14. The van der Waals surface area contributed by atoms with E-state index in [9.17, 15) is 28.8 Å². The number of guanidine groups is 1. The Hall–Kier alpha value is -6.45. The monoisotopic (exact) mass is 856 g/mol. The Balaban J connectivity index is 0.00000416. The van der Waals surface area contributed by atoms with Gasteiger partial charge in [-0.15, -0.1) is 4.99 Å². The molecule has 2 aliphatic rings. The van der Waals surface area contributed by atoms with Crippen LogP contribution in [-0.2, 0) is 48.4 Å². The summed E-state index contributed by atoms with van der Waals surface area (Å²) in [5.74, 6) is -2.12. The predicted molar refractivity (Wildman–Crippen MR) is 231 cm³/mol. The highest BCUT2D eigenvalue weighted by molar-refractivity contribution is 6.08. The Kier molecular flexibility index (Phi) is 19.2. The van der Waals surface area contributed by atoms with E-state index < -0.39 is 48.1 Å². The van der Waals surface area contributed by atoms with Crippen molar-refractivity contribution in [1.29, 1.82) is 0 Å². The molecule has 3 atom stereocenters. The molecule has 334 valence electrons. The van der Waals surface area contributed by atoms with E-state index in [4.69, 9.17) is 18.9 Å². The highest BCUT2D eigenvalue weighted by Crippen LogP contribution is 2.33. The minimum Gasteiger partial charge on any atom is -0.459 e. The summed E-state index contributed by atoms with van der Waals surface area (Å²) in [5, 5.41) is 2.57. The SMILES string of the molecule is CC.CCN(CCC[C@H]1C(=O)N(C(=O)N2CCN(C(=O)OC(C)C(C)C)CC2)C1C(=O)OCc1ccccc1)C(=NC(=O)OCc1ccccc1)NC(=O)OCc1ccccc1. The zero-order valence-electron chi connectivity index (χ0n) is 36.6. The molecule has 0 radical (unpaired) electrons. The van der Waals surface area contributed by atoms with Crippen LogP contribution in [0.1, 0.15) is 71.1 Å². The molecule has 0 aromatic heterocycles. The van der Waals surface area contributed by atoms with E-state index in [1.54, 1.807) is 48.2 Å². The molecule has 0 bridgehead atoms. The number of benzene rings is 3. The van der Waals surface area contributed by atoms with Gasteiger partial charge in [0.25, 0.3) is 0 Å². The number of esters is 1.